The molecule has 0 saturated heterocycles. The molecule has 11 heteroatoms. The molecule has 1 aliphatic heterocycles. The summed E-state index contributed by atoms with van der Waals surface area (Å²) < 4.78 is 18.9. The molecule has 3 aromatic heterocycles. The second kappa shape index (κ2) is 7.84. The molecule has 0 fully saturated rings. The van der Waals surface area contributed by atoms with E-state index < -0.39 is 0 Å². The molecule has 0 radical (unpaired) electrons. The first-order chi connectivity index (χ1) is 15.1. The van der Waals surface area contributed by atoms with Gasteiger partial charge in [-0.05, 0) is 31.2 Å². The van der Waals surface area contributed by atoms with Gasteiger partial charge in [-0.25, -0.2) is 15.0 Å². The van der Waals surface area contributed by atoms with Gasteiger partial charge in [-0.15, -0.1) is 0 Å². The van der Waals surface area contributed by atoms with Gasteiger partial charge in [0.25, 0.3) is 0 Å². The number of aromatic nitrogens is 4. The second-order valence-corrected chi connectivity index (χ2v) is 7.77. The number of ether oxygens (including phenoxy) is 2. The lowest BCUT2D eigenvalue weighted by atomic mass is 10.1. The van der Waals surface area contributed by atoms with E-state index in [-0.39, 0.29) is 6.79 Å². The average Bonchev–Trinajstić information content (AvgIpc) is 3.47. The SMILES string of the molecule is Cc1ccc(-c2cc3c(cc2Sc2nc4c(N)ncnc4n2CCNC=O)OCO3)o1. The molecule has 1 aromatic carbocycles. The fraction of sp³-hybridized carbons (Fsp3) is 0.200. The molecule has 1 aliphatic rings. The number of rotatable bonds is 7. The summed E-state index contributed by atoms with van der Waals surface area (Å²) in [6, 6.07) is 7.63. The highest BCUT2D eigenvalue weighted by atomic mass is 32.2. The van der Waals surface area contributed by atoms with Crippen LogP contribution in [0.4, 0.5) is 5.82 Å². The van der Waals surface area contributed by atoms with Crippen LogP contribution in [0.15, 0.2) is 45.1 Å². The van der Waals surface area contributed by atoms with Gasteiger partial charge in [0.05, 0.1) is 0 Å². The predicted molar refractivity (Wildman–Crippen MR) is 113 cm³/mol. The molecule has 0 saturated carbocycles. The number of furan rings is 1. The van der Waals surface area contributed by atoms with Crippen LogP contribution in [0.5, 0.6) is 11.5 Å². The number of nitrogens with two attached hydrogens (primary N) is 1. The van der Waals surface area contributed by atoms with Crippen LogP contribution in [0.1, 0.15) is 5.76 Å². The van der Waals surface area contributed by atoms with E-state index in [1.54, 1.807) is 0 Å². The Morgan fingerprint density at radius 1 is 1.26 bits per heavy atom. The smallest absolute Gasteiger partial charge is 0.231 e. The van der Waals surface area contributed by atoms with Crippen LogP contribution in [0.25, 0.3) is 22.5 Å². The minimum absolute atomic E-state index is 0.169. The van der Waals surface area contributed by atoms with Crippen molar-refractivity contribution in [2.45, 2.75) is 23.5 Å². The Balaban J connectivity index is 1.62. The molecule has 0 unspecified atom stereocenters. The lowest BCUT2D eigenvalue weighted by Gasteiger charge is -2.11. The van der Waals surface area contributed by atoms with Crippen LogP contribution >= 0.6 is 11.8 Å². The van der Waals surface area contributed by atoms with Gasteiger partial charge in [0.2, 0.25) is 13.2 Å². The number of imidazole rings is 1. The average molecular weight is 438 g/mol. The Bertz CT molecular complexity index is 1280. The van der Waals surface area contributed by atoms with Gasteiger partial charge in [0.1, 0.15) is 17.8 Å². The molecule has 0 atom stereocenters. The minimum atomic E-state index is 0.169. The predicted octanol–water partition coefficient (Wildman–Crippen LogP) is 2.60. The van der Waals surface area contributed by atoms with E-state index in [2.05, 4.69) is 20.3 Å². The Kier molecular flexibility index (Phi) is 4.86. The number of hydrogen-bond donors (Lipinski definition) is 2. The van der Waals surface area contributed by atoms with Crippen LogP contribution < -0.4 is 20.5 Å². The lowest BCUT2D eigenvalue weighted by Crippen LogP contribution is -2.18. The second-order valence-electron chi connectivity index (χ2n) is 6.76. The summed E-state index contributed by atoms with van der Waals surface area (Å²) in [4.78, 5) is 24.6. The van der Waals surface area contributed by atoms with E-state index in [0.717, 1.165) is 16.2 Å². The normalized spacial score (nSPS) is 12.4. The number of hydrogen-bond acceptors (Lipinski definition) is 9. The number of carbonyl (C=O) groups is 1. The van der Waals surface area contributed by atoms with Crippen molar-refractivity contribution in [3.05, 3.63) is 36.4 Å². The molecule has 0 spiro atoms. The van der Waals surface area contributed by atoms with Gasteiger partial charge >= 0.3 is 0 Å². The molecule has 10 nitrogen and oxygen atoms in total. The lowest BCUT2D eigenvalue weighted by molar-refractivity contribution is -0.109. The summed E-state index contributed by atoms with van der Waals surface area (Å²) in [6.07, 6.45) is 2.06. The molecule has 3 N–H and O–H groups in total. The number of amides is 1. The summed E-state index contributed by atoms with van der Waals surface area (Å²) in [5.74, 6) is 3.12. The van der Waals surface area contributed by atoms with Gasteiger partial charge in [-0.2, -0.15) is 0 Å². The van der Waals surface area contributed by atoms with Crippen LogP contribution in [0.2, 0.25) is 0 Å². The molecule has 0 aliphatic carbocycles. The zero-order valence-corrected chi connectivity index (χ0v) is 17.3. The number of nitrogens with one attached hydrogen (secondary N) is 1. The van der Waals surface area contributed by atoms with E-state index in [1.807, 2.05) is 35.8 Å². The maximum absolute atomic E-state index is 10.7. The highest BCUT2D eigenvalue weighted by Gasteiger charge is 2.23. The van der Waals surface area contributed by atoms with Crippen molar-refractivity contribution in [3.8, 4) is 22.8 Å². The highest BCUT2D eigenvalue weighted by Crippen LogP contribution is 2.45. The summed E-state index contributed by atoms with van der Waals surface area (Å²) in [6.45, 7) is 2.94. The fourth-order valence-corrected chi connectivity index (χ4v) is 4.38. The maximum atomic E-state index is 10.7. The van der Waals surface area contributed by atoms with Gasteiger partial charge in [0.15, 0.2) is 33.6 Å². The summed E-state index contributed by atoms with van der Waals surface area (Å²) in [5, 5.41) is 3.32. The largest absolute Gasteiger partial charge is 0.461 e. The first-order valence-electron chi connectivity index (χ1n) is 9.46. The Labute approximate surface area is 180 Å². The minimum Gasteiger partial charge on any atom is -0.461 e. The van der Waals surface area contributed by atoms with Crippen LogP contribution in [0.3, 0.4) is 0 Å². The molecule has 31 heavy (non-hydrogen) atoms. The molecular weight excluding hydrogens is 420 g/mol. The number of nitrogens with zero attached hydrogens (tertiary/aromatic N) is 4. The molecule has 4 heterocycles. The molecule has 0 bridgehead atoms. The highest BCUT2D eigenvalue weighted by molar-refractivity contribution is 7.99. The topological polar surface area (TPSA) is 130 Å². The molecule has 1 amide bonds. The summed E-state index contributed by atoms with van der Waals surface area (Å²) >= 11 is 1.42. The van der Waals surface area contributed by atoms with E-state index in [1.165, 1.54) is 18.1 Å². The van der Waals surface area contributed by atoms with Crippen molar-refractivity contribution >= 4 is 35.2 Å². The maximum Gasteiger partial charge on any atom is 0.231 e. The Hall–Kier alpha value is -3.73. The van der Waals surface area contributed by atoms with Crippen LogP contribution in [0, 0.1) is 6.92 Å². The summed E-state index contributed by atoms with van der Waals surface area (Å²) in [5.41, 5.74) is 7.98. The van der Waals surface area contributed by atoms with E-state index in [0.29, 0.717) is 58.9 Å². The summed E-state index contributed by atoms with van der Waals surface area (Å²) in [7, 11) is 0. The third-order valence-corrected chi connectivity index (χ3v) is 5.82. The first-order valence-corrected chi connectivity index (χ1v) is 10.3. The first kappa shape index (κ1) is 19.2. The Morgan fingerprint density at radius 2 is 2.10 bits per heavy atom. The number of nitrogen functional groups attached to an aromatic ring is 1. The quantitative estimate of drug-likeness (QED) is 0.330. The van der Waals surface area contributed by atoms with Gasteiger partial charge in [-0.3, -0.25) is 4.79 Å². The van der Waals surface area contributed by atoms with Gasteiger partial charge in [0, 0.05) is 23.5 Å². The van der Waals surface area contributed by atoms with Crippen molar-refractivity contribution in [2.75, 3.05) is 19.1 Å². The van der Waals surface area contributed by atoms with Crippen molar-refractivity contribution in [1.82, 2.24) is 24.8 Å². The number of carbonyl (C=O) groups excluding carboxylic acids is 1. The van der Waals surface area contributed by atoms with Crippen molar-refractivity contribution in [3.63, 3.8) is 0 Å². The third kappa shape index (κ3) is 3.52. The van der Waals surface area contributed by atoms with Crippen LogP contribution in [-0.4, -0.2) is 39.3 Å². The zero-order chi connectivity index (χ0) is 21.4. The zero-order valence-electron chi connectivity index (χ0n) is 16.5. The van der Waals surface area contributed by atoms with Gasteiger partial charge < -0.3 is 29.5 Å². The van der Waals surface area contributed by atoms with Crippen molar-refractivity contribution in [1.29, 1.82) is 0 Å². The molecule has 158 valence electrons. The fourth-order valence-electron chi connectivity index (χ4n) is 3.33. The number of fused-ring (bicyclic) bond motifs is 2. The number of aryl methyl sites for hydroxylation is 1. The van der Waals surface area contributed by atoms with E-state index in [4.69, 9.17) is 19.6 Å². The number of benzene rings is 1. The van der Waals surface area contributed by atoms with Crippen molar-refractivity contribution < 1.29 is 18.7 Å². The van der Waals surface area contributed by atoms with Crippen molar-refractivity contribution in [2.24, 2.45) is 0 Å². The molecule has 5 rings (SSSR count). The number of anilines is 1. The van der Waals surface area contributed by atoms with E-state index in [9.17, 15) is 4.79 Å². The Morgan fingerprint density at radius 3 is 2.87 bits per heavy atom. The third-order valence-electron chi connectivity index (χ3n) is 4.77. The van der Waals surface area contributed by atoms with Crippen LogP contribution in [-0.2, 0) is 11.3 Å². The standard InChI is InChI=1S/C20H18N6O4S/c1-11-2-3-13(30-11)12-6-14-15(29-10-28-14)7-16(12)31-20-25-17-18(21)23-8-24-19(17)26(20)5-4-22-9-27/h2-3,6-9H,4-5,10H2,1H3,(H,22,27)(H2,21,23,24). The van der Waals surface area contributed by atoms with E-state index >= 15 is 0 Å². The molecular formula is C20H18N6O4S. The van der Waals surface area contributed by atoms with Gasteiger partial charge in [-0.1, -0.05) is 11.8 Å². The monoisotopic (exact) mass is 438 g/mol. The molecule has 4 aromatic rings.